The highest BCUT2D eigenvalue weighted by molar-refractivity contribution is 6.05. The first-order valence-electron chi connectivity index (χ1n) is 8.25. The molecule has 0 bridgehead atoms. The molecule has 2 aliphatic rings. The Morgan fingerprint density at radius 3 is 2.46 bits per heavy atom. The fourth-order valence-electron chi connectivity index (χ4n) is 3.27. The smallest absolute Gasteiger partial charge is 0.269 e. The number of carbonyl (C=O) groups is 1. The molecule has 24 heavy (non-hydrogen) atoms. The van der Waals surface area contributed by atoms with Crippen LogP contribution in [-0.4, -0.2) is 54.5 Å². The molecule has 1 aromatic rings. The van der Waals surface area contributed by atoms with Gasteiger partial charge in [0.25, 0.3) is 5.91 Å². The second kappa shape index (κ2) is 6.43. The highest BCUT2D eigenvalue weighted by Crippen LogP contribution is 2.30. The minimum Gasteiger partial charge on any atom is -0.497 e. The maximum atomic E-state index is 12.9. The lowest BCUT2D eigenvalue weighted by atomic mass is 9.94. The van der Waals surface area contributed by atoms with Gasteiger partial charge in [-0.2, -0.15) is 0 Å². The average Bonchev–Trinajstić information content (AvgIpc) is 2.97. The fraction of sp³-hybridized carbons (Fsp3) is 0.556. The maximum absolute atomic E-state index is 12.9. The molecule has 3 atom stereocenters. The third kappa shape index (κ3) is 3.24. The van der Waals surface area contributed by atoms with E-state index in [1.165, 1.54) is 0 Å². The summed E-state index contributed by atoms with van der Waals surface area (Å²) in [7, 11) is 1.63. The molecule has 0 saturated carbocycles. The van der Waals surface area contributed by atoms with Crippen molar-refractivity contribution in [1.82, 2.24) is 4.90 Å². The number of rotatable bonds is 3. The van der Waals surface area contributed by atoms with Crippen LogP contribution in [0.15, 0.2) is 29.4 Å². The first kappa shape index (κ1) is 16.8. The summed E-state index contributed by atoms with van der Waals surface area (Å²) < 4.78 is 10.9. The van der Waals surface area contributed by atoms with E-state index in [1.54, 1.807) is 14.0 Å². The van der Waals surface area contributed by atoms with E-state index in [2.05, 4.69) is 5.16 Å². The molecule has 2 aliphatic heterocycles. The Morgan fingerprint density at radius 2 is 1.88 bits per heavy atom. The summed E-state index contributed by atoms with van der Waals surface area (Å²) in [5, 5.41) is 4.17. The first-order chi connectivity index (χ1) is 11.4. The van der Waals surface area contributed by atoms with Crippen LogP contribution in [0.2, 0.25) is 0 Å². The lowest BCUT2D eigenvalue weighted by Crippen LogP contribution is -2.55. The molecule has 6 heteroatoms. The van der Waals surface area contributed by atoms with Gasteiger partial charge in [0.2, 0.25) is 5.60 Å². The summed E-state index contributed by atoms with van der Waals surface area (Å²) in [6.45, 7) is 6.93. The Bertz CT molecular complexity index is 633. The topological polar surface area (TPSA) is 60.4 Å². The third-order valence-electron chi connectivity index (χ3n) is 4.44. The molecule has 2 heterocycles. The number of carbonyl (C=O) groups excluding carboxylic acids is 1. The van der Waals surface area contributed by atoms with E-state index < -0.39 is 5.60 Å². The van der Waals surface area contributed by atoms with Crippen LogP contribution in [-0.2, 0) is 14.4 Å². The van der Waals surface area contributed by atoms with Gasteiger partial charge in [0.15, 0.2) is 0 Å². The van der Waals surface area contributed by atoms with Crippen molar-refractivity contribution in [3.8, 4) is 5.75 Å². The van der Waals surface area contributed by atoms with E-state index in [1.807, 2.05) is 43.0 Å². The standard InChI is InChI=1S/C18H24N2O4/c1-12-10-20(11-13(2)23-12)17(21)18(3)9-16(19-24-18)14-5-7-15(22-4)8-6-14/h5-8,12-13H,9-11H2,1-4H3. The van der Waals surface area contributed by atoms with Crippen LogP contribution in [0.5, 0.6) is 5.75 Å². The minimum atomic E-state index is -0.952. The van der Waals surface area contributed by atoms with Crippen molar-refractivity contribution in [2.75, 3.05) is 20.2 Å². The molecule has 0 aromatic heterocycles. The monoisotopic (exact) mass is 332 g/mol. The zero-order valence-electron chi connectivity index (χ0n) is 14.6. The molecule has 6 nitrogen and oxygen atoms in total. The van der Waals surface area contributed by atoms with Crippen molar-refractivity contribution in [3.63, 3.8) is 0 Å². The number of morpholine rings is 1. The van der Waals surface area contributed by atoms with E-state index in [0.717, 1.165) is 17.0 Å². The summed E-state index contributed by atoms with van der Waals surface area (Å²) in [5.41, 5.74) is 0.769. The van der Waals surface area contributed by atoms with Crippen LogP contribution in [0.1, 0.15) is 32.8 Å². The predicted octanol–water partition coefficient (Wildman–Crippen LogP) is 2.21. The Hall–Kier alpha value is -2.08. The Labute approximate surface area is 142 Å². The number of nitrogens with zero attached hydrogens (tertiary/aromatic N) is 2. The van der Waals surface area contributed by atoms with Crippen molar-refractivity contribution in [1.29, 1.82) is 0 Å². The van der Waals surface area contributed by atoms with Crippen LogP contribution in [0.25, 0.3) is 0 Å². The lowest BCUT2D eigenvalue weighted by Gasteiger charge is -2.38. The van der Waals surface area contributed by atoms with Gasteiger partial charge in [0.1, 0.15) is 5.75 Å². The van der Waals surface area contributed by atoms with Crippen molar-refractivity contribution in [2.45, 2.75) is 45.0 Å². The average molecular weight is 332 g/mol. The molecule has 1 aromatic carbocycles. The summed E-state index contributed by atoms with van der Waals surface area (Å²) in [6, 6.07) is 7.60. The van der Waals surface area contributed by atoms with Gasteiger partial charge < -0.3 is 19.2 Å². The highest BCUT2D eigenvalue weighted by atomic mass is 16.7. The number of benzene rings is 1. The zero-order chi connectivity index (χ0) is 17.3. The van der Waals surface area contributed by atoms with Crippen molar-refractivity contribution < 1.29 is 19.1 Å². The van der Waals surface area contributed by atoms with Gasteiger partial charge in [-0.3, -0.25) is 4.79 Å². The molecule has 130 valence electrons. The first-order valence-corrected chi connectivity index (χ1v) is 8.25. The van der Waals surface area contributed by atoms with Crippen LogP contribution < -0.4 is 4.74 Å². The van der Waals surface area contributed by atoms with Crippen molar-refractivity contribution >= 4 is 11.6 Å². The largest absolute Gasteiger partial charge is 0.497 e. The minimum absolute atomic E-state index is 0.0308. The summed E-state index contributed by atoms with van der Waals surface area (Å²) in [4.78, 5) is 20.3. The lowest BCUT2D eigenvalue weighted by molar-refractivity contribution is -0.164. The molecule has 0 radical (unpaired) electrons. The summed E-state index contributed by atoms with van der Waals surface area (Å²) in [6.07, 6.45) is 0.521. The number of methoxy groups -OCH3 is 1. The summed E-state index contributed by atoms with van der Waals surface area (Å²) >= 11 is 0. The third-order valence-corrected chi connectivity index (χ3v) is 4.44. The molecule has 1 amide bonds. The Morgan fingerprint density at radius 1 is 1.25 bits per heavy atom. The second-order valence-corrected chi connectivity index (χ2v) is 6.73. The molecule has 1 fully saturated rings. The van der Waals surface area contributed by atoms with E-state index >= 15 is 0 Å². The van der Waals surface area contributed by atoms with Gasteiger partial charge >= 0.3 is 0 Å². The van der Waals surface area contributed by atoms with Gasteiger partial charge in [-0.1, -0.05) is 5.16 Å². The number of ether oxygens (including phenoxy) is 2. The molecule has 0 N–H and O–H groups in total. The van der Waals surface area contributed by atoms with Gasteiger partial charge in [-0.25, -0.2) is 0 Å². The Kier molecular flexibility index (Phi) is 4.49. The van der Waals surface area contributed by atoms with E-state index in [-0.39, 0.29) is 18.1 Å². The van der Waals surface area contributed by atoms with Crippen LogP contribution >= 0.6 is 0 Å². The van der Waals surface area contributed by atoms with Crippen LogP contribution in [0.3, 0.4) is 0 Å². The normalized spacial score (nSPS) is 29.8. The zero-order valence-corrected chi connectivity index (χ0v) is 14.6. The Balaban J connectivity index is 1.70. The highest BCUT2D eigenvalue weighted by Gasteiger charge is 2.46. The van der Waals surface area contributed by atoms with Crippen molar-refractivity contribution in [2.24, 2.45) is 5.16 Å². The molecule has 3 rings (SSSR count). The number of hydrogen-bond acceptors (Lipinski definition) is 5. The fourth-order valence-corrected chi connectivity index (χ4v) is 3.27. The van der Waals surface area contributed by atoms with E-state index in [0.29, 0.717) is 19.5 Å². The van der Waals surface area contributed by atoms with Crippen LogP contribution in [0.4, 0.5) is 0 Å². The van der Waals surface area contributed by atoms with Crippen LogP contribution in [0, 0.1) is 0 Å². The molecule has 0 spiro atoms. The number of oxime groups is 1. The SMILES string of the molecule is COc1ccc(C2=NOC(C)(C(=O)N3CC(C)OC(C)C3)C2)cc1. The predicted molar refractivity (Wildman–Crippen MR) is 90.2 cm³/mol. The quantitative estimate of drug-likeness (QED) is 0.851. The maximum Gasteiger partial charge on any atom is 0.269 e. The van der Waals surface area contributed by atoms with Crippen molar-refractivity contribution in [3.05, 3.63) is 29.8 Å². The van der Waals surface area contributed by atoms with Gasteiger partial charge in [-0.15, -0.1) is 0 Å². The van der Waals surface area contributed by atoms with E-state index in [4.69, 9.17) is 14.3 Å². The molecule has 3 unspecified atom stereocenters. The van der Waals surface area contributed by atoms with E-state index in [9.17, 15) is 4.79 Å². The van der Waals surface area contributed by atoms with Gasteiger partial charge in [0.05, 0.1) is 25.0 Å². The molecule has 1 saturated heterocycles. The number of hydrogen-bond donors (Lipinski definition) is 0. The second-order valence-electron chi connectivity index (χ2n) is 6.73. The van der Waals surface area contributed by atoms with Gasteiger partial charge in [0, 0.05) is 19.5 Å². The molecular formula is C18H24N2O4. The molecular weight excluding hydrogens is 308 g/mol. The molecule has 0 aliphatic carbocycles. The number of amides is 1. The summed E-state index contributed by atoms with van der Waals surface area (Å²) in [5.74, 6) is 0.755. The van der Waals surface area contributed by atoms with Gasteiger partial charge in [-0.05, 0) is 50.6 Å².